The number of nitrogens with one attached hydrogen (secondary N) is 1. The summed E-state index contributed by atoms with van der Waals surface area (Å²) in [6.07, 6.45) is 6.87. The molecule has 0 saturated carbocycles. The molecule has 0 heterocycles. The summed E-state index contributed by atoms with van der Waals surface area (Å²) >= 11 is 0. The van der Waals surface area contributed by atoms with E-state index in [4.69, 9.17) is 0 Å². The Kier molecular flexibility index (Phi) is 5.23. The van der Waals surface area contributed by atoms with Gasteiger partial charge in [-0.1, -0.05) is 30.3 Å². The minimum absolute atomic E-state index is 0. The Morgan fingerprint density at radius 3 is 2.71 bits per heavy atom. The zero-order valence-electron chi connectivity index (χ0n) is 10.5. The summed E-state index contributed by atoms with van der Waals surface area (Å²) in [6, 6.07) is 8.86. The van der Waals surface area contributed by atoms with Crippen LogP contribution in [0.25, 0.3) is 0 Å². The number of benzene rings is 1. The maximum atomic E-state index is 3.91. The van der Waals surface area contributed by atoms with E-state index < -0.39 is 0 Å². The first-order valence-corrected chi connectivity index (χ1v) is 6.12. The Balaban J connectivity index is 0.00000144. The first-order valence-electron chi connectivity index (χ1n) is 6.12. The molecule has 1 N–H and O–H groups in total. The van der Waals surface area contributed by atoms with E-state index in [0.29, 0.717) is 5.41 Å². The van der Waals surface area contributed by atoms with Crippen molar-refractivity contribution in [3.63, 3.8) is 0 Å². The van der Waals surface area contributed by atoms with Gasteiger partial charge in [-0.3, -0.25) is 0 Å². The van der Waals surface area contributed by atoms with Crippen molar-refractivity contribution < 1.29 is 0 Å². The lowest BCUT2D eigenvalue weighted by atomic mass is 9.69. The standard InChI is InChI=1S/C15H21N.ClH/c1-3-9-15(12-16-2)10-8-13-6-4-5-7-14(13)11-15;/h3-7,16H,1,8-12H2,2H3;1H. The molecule has 0 aliphatic heterocycles. The fraction of sp³-hybridized carbons (Fsp3) is 0.467. The fourth-order valence-electron chi connectivity index (χ4n) is 2.94. The summed E-state index contributed by atoms with van der Waals surface area (Å²) < 4.78 is 0. The molecule has 0 saturated heterocycles. The molecule has 2 rings (SSSR count). The van der Waals surface area contributed by atoms with Crippen LogP contribution in [0.1, 0.15) is 24.0 Å². The van der Waals surface area contributed by atoms with Gasteiger partial charge >= 0.3 is 0 Å². The molecule has 94 valence electrons. The third-order valence-corrected chi connectivity index (χ3v) is 3.74. The molecule has 0 radical (unpaired) electrons. The average molecular weight is 252 g/mol. The molecule has 0 amide bonds. The quantitative estimate of drug-likeness (QED) is 0.809. The van der Waals surface area contributed by atoms with Crippen molar-refractivity contribution in [1.82, 2.24) is 5.32 Å². The van der Waals surface area contributed by atoms with E-state index in [1.54, 1.807) is 5.56 Å². The topological polar surface area (TPSA) is 12.0 Å². The van der Waals surface area contributed by atoms with Gasteiger partial charge in [-0.15, -0.1) is 19.0 Å². The van der Waals surface area contributed by atoms with Crippen LogP contribution < -0.4 is 5.32 Å². The minimum atomic E-state index is 0. The fourth-order valence-corrected chi connectivity index (χ4v) is 2.94. The van der Waals surface area contributed by atoms with Crippen molar-refractivity contribution in [2.24, 2.45) is 5.41 Å². The second-order valence-electron chi connectivity index (χ2n) is 4.97. The molecule has 17 heavy (non-hydrogen) atoms. The molecule has 0 aromatic heterocycles. The van der Waals surface area contributed by atoms with Crippen LogP contribution in [0.5, 0.6) is 0 Å². The zero-order chi connectivity index (χ0) is 11.4. The number of aryl methyl sites for hydroxylation is 1. The average Bonchev–Trinajstić information content (AvgIpc) is 2.30. The molecule has 1 atom stereocenters. The molecule has 2 heteroatoms. The molecular weight excluding hydrogens is 230 g/mol. The van der Waals surface area contributed by atoms with Crippen LogP contribution in [-0.4, -0.2) is 13.6 Å². The van der Waals surface area contributed by atoms with Crippen LogP contribution in [0.4, 0.5) is 0 Å². The highest BCUT2D eigenvalue weighted by atomic mass is 35.5. The summed E-state index contributed by atoms with van der Waals surface area (Å²) in [5.74, 6) is 0. The molecule has 1 nitrogen and oxygen atoms in total. The van der Waals surface area contributed by atoms with E-state index in [0.717, 1.165) is 13.0 Å². The molecule has 1 aromatic rings. The van der Waals surface area contributed by atoms with Crippen molar-refractivity contribution >= 4 is 12.4 Å². The highest BCUT2D eigenvalue weighted by molar-refractivity contribution is 5.85. The number of hydrogen-bond acceptors (Lipinski definition) is 1. The summed E-state index contributed by atoms with van der Waals surface area (Å²) in [7, 11) is 2.05. The van der Waals surface area contributed by atoms with E-state index in [-0.39, 0.29) is 12.4 Å². The maximum absolute atomic E-state index is 3.91. The van der Waals surface area contributed by atoms with Gasteiger partial charge in [0.25, 0.3) is 0 Å². The summed E-state index contributed by atoms with van der Waals surface area (Å²) in [6.45, 7) is 5.00. The summed E-state index contributed by atoms with van der Waals surface area (Å²) in [5.41, 5.74) is 3.47. The molecule has 0 bridgehead atoms. The maximum Gasteiger partial charge on any atom is 0.00111 e. The Labute approximate surface area is 111 Å². The van der Waals surface area contributed by atoms with Gasteiger partial charge in [0.1, 0.15) is 0 Å². The second kappa shape index (κ2) is 6.23. The van der Waals surface area contributed by atoms with E-state index in [9.17, 15) is 0 Å². The van der Waals surface area contributed by atoms with Crippen LogP contribution in [0.3, 0.4) is 0 Å². The highest BCUT2D eigenvalue weighted by Crippen LogP contribution is 2.38. The minimum Gasteiger partial charge on any atom is -0.319 e. The second-order valence-corrected chi connectivity index (χ2v) is 4.97. The van der Waals surface area contributed by atoms with Crippen LogP contribution in [0.2, 0.25) is 0 Å². The van der Waals surface area contributed by atoms with E-state index in [2.05, 4.69) is 42.2 Å². The molecule has 1 aliphatic carbocycles. The van der Waals surface area contributed by atoms with E-state index in [1.807, 2.05) is 7.05 Å². The predicted octanol–water partition coefficient (Wildman–Crippen LogP) is 3.38. The monoisotopic (exact) mass is 251 g/mol. The van der Waals surface area contributed by atoms with Crippen molar-refractivity contribution in [3.05, 3.63) is 48.0 Å². The van der Waals surface area contributed by atoms with Gasteiger partial charge < -0.3 is 5.32 Å². The molecule has 0 spiro atoms. The van der Waals surface area contributed by atoms with Gasteiger partial charge in [0.2, 0.25) is 0 Å². The van der Waals surface area contributed by atoms with Gasteiger partial charge in [-0.2, -0.15) is 0 Å². The van der Waals surface area contributed by atoms with Crippen molar-refractivity contribution in [3.8, 4) is 0 Å². The van der Waals surface area contributed by atoms with E-state index in [1.165, 1.54) is 24.8 Å². The molecule has 0 fully saturated rings. The van der Waals surface area contributed by atoms with Crippen molar-refractivity contribution in [2.45, 2.75) is 25.7 Å². The van der Waals surface area contributed by atoms with Gasteiger partial charge in [0, 0.05) is 6.54 Å². The number of fused-ring (bicyclic) bond motifs is 1. The SMILES string of the molecule is C=CCC1(CNC)CCc2ccccc2C1.Cl. The molecule has 1 aromatic carbocycles. The lowest BCUT2D eigenvalue weighted by Gasteiger charge is -2.37. The van der Waals surface area contributed by atoms with Crippen molar-refractivity contribution in [1.29, 1.82) is 0 Å². The lowest BCUT2D eigenvalue weighted by molar-refractivity contribution is 0.243. The Hall–Kier alpha value is -0.790. The number of halogens is 1. The normalized spacial score (nSPS) is 22.4. The Morgan fingerprint density at radius 1 is 1.35 bits per heavy atom. The van der Waals surface area contributed by atoms with Gasteiger partial charge in [-0.05, 0) is 49.3 Å². The van der Waals surface area contributed by atoms with Gasteiger partial charge in [-0.25, -0.2) is 0 Å². The Morgan fingerprint density at radius 2 is 2.06 bits per heavy atom. The van der Waals surface area contributed by atoms with Crippen LogP contribution >= 0.6 is 12.4 Å². The predicted molar refractivity (Wildman–Crippen MR) is 76.9 cm³/mol. The zero-order valence-corrected chi connectivity index (χ0v) is 11.4. The Bertz CT molecular complexity index is 375. The first kappa shape index (κ1) is 14.3. The van der Waals surface area contributed by atoms with Crippen LogP contribution in [0.15, 0.2) is 36.9 Å². The smallest absolute Gasteiger partial charge is 0.00111 e. The first-order chi connectivity index (χ1) is 7.79. The summed E-state index contributed by atoms with van der Waals surface area (Å²) in [5, 5.41) is 3.35. The third kappa shape index (κ3) is 3.11. The third-order valence-electron chi connectivity index (χ3n) is 3.74. The van der Waals surface area contributed by atoms with Gasteiger partial charge in [0.15, 0.2) is 0 Å². The van der Waals surface area contributed by atoms with Gasteiger partial charge in [0.05, 0.1) is 0 Å². The molecule has 1 unspecified atom stereocenters. The molecular formula is C15H22ClN. The number of allylic oxidation sites excluding steroid dienone is 1. The number of rotatable bonds is 4. The lowest BCUT2D eigenvalue weighted by Crippen LogP contribution is -2.37. The van der Waals surface area contributed by atoms with Crippen LogP contribution in [-0.2, 0) is 12.8 Å². The van der Waals surface area contributed by atoms with E-state index >= 15 is 0 Å². The number of hydrogen-bond donors (Lipinski definition) is 1. The van der Waals surface area contributed by atoms with Crippen LogP contribution in [0, 0.1) is 5.41 Å². The van der Waals surface area contributed by atoms with Crippen molar-refractivity contribution in [2.75, 3.05) is 13.6 Å². The summed E-state index contributed by atoms with van der Waals surface area (Å²) in [4.78, 5) is 0. The molecule has 1 aliphatic rings. The highest BCUT2D eigenvalue weighted by Gasteiger charge is 2.32. The largest absolute Gasteiger partial charge is 0.319 e.